The van der Waals surface area contributed by atoms with Crippen LogP contribution in [0, 0.1) is 23.7 Å². The Morgan fingerprint density at radius 2 is 1.47 bits per heavy atom. The van der Waals surface area contributed by atoms with E-state index in [4.69, 9.17) is 44.5 Å². The van der Waals surface area contributed by atoms with E-state index in [-0.39, 0.29) is 23.9 Å². The van der Waals surface area contributed by atoms with Crippen LogP contribution in [0.2, 0.25) is 0 Å². The molecule has 1 aromatic heterocycles. The van der Waals surface area contributed by atoms with Gasteiger partial charge in [0.1, 0.15) is 12.6 Å². The number of imidazole rings is 1. The molecule has 188 valence electrons. The van der Waals surface area contributed by atoms with Gasteiger partial charge in [0.2, 0.25) is 0 Å². The van der Waals surface area contributed by atoms with E-state index >= 15 is 0 Å². The van der Waals surface area contributed by atoms with Gasteiger partial charge >= 0.3 is 0 Å². The Hall–Kier alpha value is -1.81. The van der Waals surface area contributed by atoms with Crippen molar-refractivity contribution in [1.29, 1.82) is 0 Å². The maximum atomic E-state index is 6.18. The Balaban J connectivity index is 1.34. The van der Waals surface area contributed by atoms with Crippen LogP contribution in [0.3, 0.4) is 0 Å². The van der Waals surface area contributed by atoms with Gasteiger partial charge in [-0.15, -0.1) is 25.3 Å². The van der Waals surface area contributed by atoms with Gasteiger partial charge in [-0.2, -0.15) is 0 Å². The molecule has 0 radical (unpaired) electrons. The summed E-state index contributed by atoms with van der Waals surface area (Å²) in [7, 11) is 3.53. The topological polar surface area (TPSA) is 48.8 Å². The van der Waals surface area contributed by atoms with Gasteiger partial charge in [0.05, 0.1) is 29.4 Å². The van der Waals surface area contributed by atoms with Crippen molar-refractivity contribution in [1.82, 2.24) is 14.5 Å². The first-order valence-corrected chi connectivity index (χ1v) is 13.6. The van der Waals surface area contributed by atoms with Crippen molar-refractivity contribution in [3.8, 4) is 0 Å². The van der Waals surface area contributed by atoms with Gasteiger partial charge in [0, 0.05) is 42.7 Å². The predicted molar refractivity (Wildman–Crippen MR) is 145 cm³/mol. The zero-order chi connectivity index (χ0) is 24.8. The molecule has 1 unspecified atom stereocenters. The third-order valence-corrected chi connectivity index (χ3v) is 10.3. The standard InChI is InChI=1S/C28H31N3O3S2/c1-4-34-14-31-18-12-8-7-11-17(18)29-19(31)13-30-24-15-9-5-6-10-16(15)25(30)21-20(24)22-26(35)27(36)23(21)28(22,32-2)33-3/h5-12,20-25,35-36H,4,13-14H2,1-3H3/t20-,21+,22+,23?,24-,25+/m1/s1. The van der Waals surface area contributed by atoms with Crippen LogP contribution in [0.1, 0.15) is 36.0 Å². The summed E-state index contributed by atoms with van der Waals surface area (Å²) in [6, 6.07) is 17.7. The summed E-state index contributed by atoms with van der Waals surface area (Å²) in [5.41, 5.74) is 4.93. The highest BCUT2D eigenvalue weighted by atomic mass is 32.1. The summed E-state index contributed by atoms with van der Waals surface area (Å²) >= 11 is 9.94. The smallest absolute Gasteiger partial charge is 0.183 e. The van der Waals surface area contributed by atoms with E-state index in [0.717, 1.165) is 33.2 Å². The minimum Gasteiger partial charge on any atom is -0.361 e. The molecular formula is C28H31N3O3S2. The minimum absolute atomic E-state index is 0.0476. The van der Waals surface area contributed by atoms with Gasteiger partial charge in [0.25, 0.3) is 0 Å². The van der Waals surface area contributed by atoms with Crippen molar-refractivity contribution in [2.24, 2.45) is 23.7 Å². The molecule has 2 fully saturated rings. The predicted octanol–water partition coefficient (Wildman–Crippen LogP) is 5.19. The van der Waals surface area contributed by atoms with Crippen LogP contribution < -0.4 is 0 Å². The fourth-order valence-corrected chi connectivity index (χ4v) is 8.97. The highest BCUT2D eigenvalue weighted by Gasteiger charge is 2.76. The normalized spacial score (nSPS) is 31.6. The van der Waals surface area contributed by atoms with E-state index in [9.17, 15) is 0 Å². The average molecular weight is 522 g/mol. The Kier molecular flexibility index (Phi) is 5.41. The first kappa shape index (κ1) is 23.3. The molecule has 36 heavy (non-hydrogen) atoms. The molecule has 2 aliphatic carbocycles. The molecule has 0 amide bonds. The number of rotatable bonds is 7. The second-order valence-corrected chi connectivity index (χ2v) is 11.2. The molecular weight excluding hydrogens is 490 g/mol. The van der Waals surface area contributed by atoms with Gasteiger partial charge in [-0.25, -0.2) is 4.98 Å². The zero-order valence-electron chi connectivity index (χ0n) is 20.7. The van der Waals surface area contributed by atoms with Gasteiger partial charge in [-0.1, -0.05) is 36.4 Å². The van der Waals surface area contributed by atoms with Crippen LogP contribution in [0.25, 0.3) is 11.0 Å². The number of methoxy groups -OCH3 is 2. The number of hydrogen-bond donors (Lipinski definition) is 2. The Labute approximate surface area is 222 Å². The molecule has 1 saturated heterocycles. The largest absolute Gasteiger partial charge is 0.361 e. The summed E-state index contributed by atoms with van der Waals surface area (Å²) in [6.07, 6.45) is 0. The van der Waals surface area contributed by atoms with Crippen molar-refractivity contribution < 1.29 is 14.2 Å². The van der Waals surface area contributed by atoms with Gasteiger partial charge < -0.3 is 18.8 Å². The zero-order valence-corrected chi connectivity index (χ0v) is 22.5. The van der Waals surface area contributed by atoms with E-state index in [2.05, 4.69) is 51.9 Å². The lowest BCUT2D eigenvalue weighted by Gasteiger charge is -2.36. The van der Waals surface area contributed by atoms with Gasteiger partial charge in [0.15, 0.2) is 5.79 Å². The van der Waals surface area contributed by atoms with Crippen LogP contribution in [-0.4, -0.2) is 41.1 Å². The van der Waals surface area contributed by atoms with E-state index in [1.165, 1.54) is 11.1 Å². The van der Waals surface area contributed by atoms with Crippen molar-refractivity contribution in [3.05, 3.63) is 75.3 Å². The van der Waals surface area contributed by atoms with Crippen molar-refractivity contribution in [3.63, 3.8) is 0 Å². The third kappa shape index (κ3) is 2.78. The van der Waals surface area contributed by atoms with Crippen LogP contribution in [-0.2, 0) is 27.5 Å². The summed E-state index contributed by atoms with van der Waals surface area (Å²) in [5, 5.41) is 0. The molecule has 4 bridgehead atoms. The minimum atomic E-state index is -0.712. The number of nitrogens with zero attached hydrogens (tertiary/aromatic N) is 3. The summed E-state index contributed by atoms with van der Waals surface area (Å²) in [6.45, 7) is 3.94. The highest BCUT2D eigenvalue weighted by molar-refractivity contribution is 7.88. The number of hydrogen-bond acceptors (Lipinski definition) is 7. The first-order valence-electron chi connectivity index (χ1n) is 12.7. The van der Waals surface area contributed by atoms with Crippen molar-refractivity contribution in [2.45, 2.75) is 38.1 Å². The summed E-state index contributed by atoms with van der Waals surface area (Å²) in [4.78, 5) is 9.77. The third-order valence-electron chi connectivity index (χ3n) is 9.13. The SMILES string of the molecule is CCOCn1c(CN2[C@@H]3c4ccccc4[C@H]2[C@@H]2C4C(S)=C(S)[C@H]([C@@H]23)C4(OC)OC)nc2ccccc21. The molecule has 7 rings (SSSR count). The van der Waals surface area contributed by atoms with Crippen LogP contribution >= 0.6 is 25.3 Å². The Morgan fingerprint density at radius 1 is 0.889 bits per heavy atom. The van der Waals surface area contributed by atoms with Crippen LogP contribution in [0.5, 0.6) is 0 Å². The number of benzene rings is 2. The maximum absolute atomic E-state index is 6.18. The summed E-state index contributed by atoms with van der Waals surface area (Å²) in [5.74, 6) is 1.09. The number of fused-ring (bicyclic) bond motifs is 13. The van der Waals surface area contributed by atoms with Crippen LogP contribution in [0.15, 0.2) is 58.3 Å². The molecule has 3 aromatic rings. The van der Waals surface area contributed by atoms with E-state index in [1.54, 1.807) is 14.2 Å². The van der Waals surface area contributed by atoms with Gasteiger partial charge in [-0.3, -0.25) is 4.90 Å². The van der Waals surface area contributed by atoms with Crippen LogP contribution in [0.4, 0.5) is 0 Å². The fourth-order valence-electron chi connectivity index (χ4n) is 7.99. The highest BCUT2D eigenvalue weighted by Crippen LogP contribution is 2.76. The fraction of sp³-hybridized carbons (Fsp3) is 0.464. The molecule has 0 N–H and O–H groups in total. The lowest BCUT2D eigenvalue weighted by molar-refractivity contribution is -0.238. The number of thiol groups is 2. The molecule has 8 heteroatoms. The second-order valence-electron chi connectivity index (χ2n) is 10.3. The monoisotopic (exact) mass is 521 g/mol. The molecule has 1 saturated carbocycles. The Morgan fingerprint density at radius 3 is 2.06 bits per heavy atom. The van der Waals surface area contributed by atoms with E-state index in [0.29, 0.717) is 25.2 Å². The molecule has 6 atom stereocenters. The average Bonchev–Trinajstić information content (AvgIpc) is 3.63. The van der Waals surface area contributed by atoms with Crippen molar-refractivity contribution in [2.75, 3.05) is 20.8 Å². The molecule has 2 aromatic carbocycles. The Bertz CT molecular complexity index is 1330. The maximum Gasteiger partial charge on any atom is 0.183 e. The van der Waals surface area contributed by atoms with E-state index in [1.807, 2.05) is 13.0 Å². The quantitative estimate of drug-likeness (QED) is 0.331. The molecule has 2 aliphatic heterocycles. The summed E-state index contributed by atoms with van der Waals surface area (Å²) < 4.78 is 20.5. The number of ether oxygens (including phenoxy) is 3. The molecule has 3 heterocycles. The second kappa shape index (κ2) is 8.35. The number of aromatic nitrogens is 2. The van der Waals surface area contributed by atoms with Gasteiger partial charge in [-0.05, 0) is 42.0 Å². The molecule has 6 nitrogen and oxygen atoms in total. The molecule has 0 spiro atoms. The number of para-hydroxylation sites is 2. The molecule has 4 aliphatic rings. The first-order chi connectivity index (χ1) is 17.6. The van der Waals surface area contributed by atoms with E-state index < -0.39 is 5.79 Å². The lowest BCUT2D eigenvalue weighted by Crippen LogP contribution is -2.43. The lowest BCUT2D eigenvalue weighted by atomic mass is 9.71. The van der Waals surface area contributed by atoms with Crippen molar-refractivity contribution >= 4 is 36.3 Å².